The zero-order valence-corrected chi connectivity index (χ0v) is 14.3. The smallest absolute Gasteiger partial charge is 0.231 e. The second-order valence-electron chi connectivity index (χ2n) is 6.36. The number of benzene rings is 2. The maximum atomic E-state index is 10.8. The van der Waals surface area contributed by atoms with E-state index in [2.05, 4.69) is 30.3 Å². The van der Waals surface area contributed by atoms with Crippen molar-refractivity contribution in [1.82, 2.24) is 0 Å². The van der Waals surface area contributed by atoms with Gasteiger partial charge < -0.3 is 19.7 Å². The van der Waals surface area contributed by atoms with Gasteiger partial charge in [-0.3, -0.25) is 4.79 Å². The molecule has 0 bridgehead atoms. The van der Waals surface area contributed by atoms with Crippen LogP contribution in [0.5, 0.6) is 11.5 Å². The van der Waals surface area contributed by atoms with E-state index in [0.29, 0.717) is 6.41 Å². The van der Waals surface area contributed by atoms with E-state index in [-0.39, 0.29) is 6.79 Å². The SMILES string of the molecule is CC1=C(N(C)c2ccc3c(c2)OCO3)c2cc(NC=O)ccc2CC1. The van der Waals surface area contributed by atoms with E-state index in [1.165, 1.54) is 16.8 Å². The van der Waals surface area contributed by atoms with Gasteiger partial charge in [0, 0.05) is 35.7 Å². The first kappa shape index (κ1) is 15.6. The van der Waals surface area contributed by atoms with Gasteiger partial charge in [0.2, 0.25) is 13.2 Å². The Hall–Kier alpha value is -2.95. The maximum absolute atomic E-state index is 10.8. The molecule has 2 aliphatic rings. The van der Waals surface area contributed by atoms with Crippen LogP contribution in [-0.2, 0) is 11.2 Å². The van der Waals surface area contributed by atoms with Gasteiger partial charge in [0.25, 0.3) is 0 Å². The predicted octanol–water partition coefficient (Wildman–Crippen LogP) is 3.80. The Labute approximate surface area is 146 Å². The van der Waals surface area contributed by atoms with E-state index in [9.17, 15) is 4.79 Å². The lowest BCUT2D eigenvalue weighted by Gasteiger charge is -2.30. The standard InChI is InChI=1S/C20H20N2O3/c1-13-3-4-14-5-6-15(21-11-23)9-17(14)20(13)22(2)16-7-8-18-19(10-16)25-12-24-18/h5-11H,3-4,12H2,1-2H3,(H,21,23). The van der Waals surface area contributed by atoms with E-state index < -0.39 is 0 Å². The summed E-state index contributed by atoms with van der Waals surface area (Å²) in [6.45, 7) is 2.44. The van der Waals surface area contributed by atoms with Crippen LogP contribution in [0, 0.1) is 0 Å². The van der Waals surface area contributed by atoms with Crippen LogP contribution < -0.4 is 19.7 Å². The minimum atomic E-state index is 0.272. The highest BCUT2D eigenvalue weighted by Gasteiger charge is 2.22. The van der Waals surface area contributed by atoms with Crippen molar-refractivity contribution in [1.29, 1.82) is 0 Å². The van der Waals surface area contributed by atoms with Crippen molar-refractivity contribution in [2.75, 3.05) is 24.1 Å². The van der Waals surface area contributed by atoms with E-state index in [0.717, 1.165) is 41.3 Å². The third-order valence-corrected chi connectivity index (χ3v) is 4.84. The zero-order chi connectivity index (χ0) is 17.4. The second-order valence-corrected chi connectivity index (χ2v) is 6.36. The topological polar surface area (TPSA) is 50.8 Å². The zero-order valence-electron chi connectivity index (χ0n) is 14.3. The summed E-state index contributed by atoms with van der Waals surface area (Å²) in [5.41, 5.74) is 6.81. The average molecular weight is 336 g/mol. The van der Waals surface area contributed by atoms with Crippen LogP contribution in [0.25, 0.3) is 5.70 Å². The number of fused-ring (bicyclic) bond motifs is 2. The molecule has 5 heteroatoms. The highest BCUT2D eigenvalue weighted by Crippen LogP contribution is 2.40. The number of nitrogens with zero attached hydrogens (tertiary/aromatic N) is 1. The molecular weight excluding hydrogens is 316 g/mol. The molecule has 1 heterocycles. The molecule has 25 heavy (non-hydrogen) atoms. The van der Waals surface area contributed by atoms with Gasteiger partial charge in [-0.15, -0.1) is 0 Å². The summed E-state index contributed by atoms with van der Waals surface area (Å²) in [6.07, 6.45) is 2.75. The Morgan fingerprint density at radius 1 is 1.08 bits per heavy atom. The molecule has 0 radical (unpaired) electrons. The molecule has 128 valence electrons. The molecule has 1 aliphatic heterocycles. The van der Waals surface area contributed by atoms with E-state index >= 15 is 0 Å². The molecular formula is C20H20N2O3. The van der Waals surface area contributed by atoms with Crippen molar-refractivity contribution in [2.45, 2.75) is 19.8 Å². The molecule has 0 fully saturated rings. The number of ether oxygens (including phenoxy) is 2. The van der Waals surface area contributed by atoms with Gasteiger partial charge in [-0.2, -0.15) is 0 Å². The van der Waals surface area contributed by atoms with Crippen molar-refractivity contribution in [2.24, 2.45) is 0 Å². The normalized spacial score (nSPS) is 15.0. The minimum Gasteiger partial charge on any atom is -0.454 e. The summed E-state index contributed by atoms with van der Waals surface area (Å²) in [5, 5.41) is 2.75. The van der Waals surface area contributed by atoms with Crippen LogP contribution in [0.15, 0.2) is 42.0 Å². The molecule has 0 atom stereocenters. The summed E-state index contributed by atoms with van der Waals surface area (Å²) in [5.74, 6) is 1.55. The number of hydrogen-bond acceptors (Lipinski definition) is 4. The van der Waals surface area contributed by atoms with E-state index in [1.54, 1.807) is 0 Å². The van der Waals surface area contributed by atoms with Gasteiger partial charge in [-0.05, 0) is 55.2 Å². The number of amides is 1. The molecule has 0 saturated heterocycles. The Morgan fingerprint density at radius 2 is 1.92 bits per heavy atom. The largest absolute Gasteiger partial charge is 0.454 e. The number of hydrogen-bond donors (Lipinski definition) is 1. The number of rotatable bonds is 4. The molecule has 2 aromatic rings. The molecule has 0 spiro atoms. The first-order valence-electron chi connectivity index (χ1n) is 8.34. The first-order valence-corrected chi connectivity index (χ1v) is 8.34. The van der Waals surface area contributed by atoms with Gasteiger partial charge in [-0.25, -0.2) is 0 Å². The Morgan fingerprint density at radius 3 is 2.76 bits per heavy atom. The van der Waals surface area contributed by atoms with E-state index in [4.69, 9.17) is 9.47 Å². The molecule has 5 nitrogen and oxygen atoms in total. The van der Waals surface area contributed by atoms with Gasteiger partial charge in [0.15, 0.2) is 11.5 Å². The number of anilines is 2. The molecule has 2 aromatic carbocycles. The Kier molecular flexibility index (Phi) is 3.84. The van der Waals surface area contributed by atoms with Gasteiger partial charge in [-0.1, -0.05) is 6.07 Å². The quantitative estimate of drug-likeness (QED) is 0.863. The lowest BCUT2D eigenvalue weighted by molar-refractivity contribution is -0.105. The summed E-state index contributed by atoms with van der Waals surface area (Å²) in [4.78, 5) is 13.0. The highest BCUT2D eigenvalue weighted by atomic mass is 16.7. The number of carbonyl (C=O) groups excluding carboxylic acids is 1. The van der Waals surface area contributed by atoms with Gasteiger partial charge in [0.05, 0.1) is 0 Å². The van der Waals surface area contributed by atoms with E-state index in [1.807, 2.05) is 30.3 Å². The molecule has 4 rings (SSSR count). The Balaban J connectivity index is 1.76. The lowest BCUT2D eigenvalue weighted by atomic mass is 9.89. The molecule has 1 aliphatic carbocycles. The number of nitrogens with one attached hydrogen (secondary N) is 1. The van der Waals surface area contributed by atoms with Gasteiger partial charge >= 0.3 is 0 Å². The molecule has 0 aromatic heterocycles. The summed E-state index contributed by atoms with van der Waals surface area (Å²) in [7, 11) is 2.06. The highest BCUT2D eigenvalue weighted by molar-refractivity contribution is 5.86. The number of allylic oxidation sites excluding steroid dienone is 1. The molecule has 0 unspecified atom stereocenters. The van der Waals surface area contributed by atoms with Crippen LogP contribution in [-0.4, -0.2) is 20.3 Å². The van der Waals surface area contributed by atoms with Crippen molar-refractivity contribution >= 4 is 23.5 Å². The van der Waals surface area contributed by atoms with Crippen molar-refractivity contribution in [3.05, 3.63) is 53.1 Å². The van der Waals surface area contributed by atoms with Crippen LogP contribution in [0.2, 0.25) is 0 Å². The van der Waals surface area contributed by atoms with Crippen LogP contribution in [0.3, 0.4) is 0 Å². The van der Waals surface area contributed by atoms with Crippen LogP contribution in [0.1, 0.15) is 24.5 Å². The minimum absolute atomic E-state index is 0.272. The lowest BCUT2D eigenvalue weighted by Crippen LogP contribution is -2.20. The van der Waals surface area contributed by atoms with Gasteiger partial charge in [0.1, 0.15) is 0 Å². The molecule has 1 N–H and O–H groups in total. The fraction of sp³-hybridized carbons (Fsp3) is 0.250. The van der Waals surface area contributed by atoms with Crippen molar-refractivity contribution < 1.29 is 14.3 Å². The fourth-order valence-electron chi connectivity index (χ4n) is 3.53. The van der Waals surface area contributed by atoms with Crippen LogP contribution in [0.4, 0.5) is 11.4 Å². The fourth-order valence-corrected chi connectivity index (χ4v) is 3.53. The molecule has 1 amide bonds. The predicted molar refractivity (Wildman–Crippen MR) is 98.0 cm³/mol. The summed E-state index contributed by atoms with van der Waals surface area (Å²) >= 11 is 0. The van der Waals surface area contributed by atoms with Crippen molar-refractivity contribution in [3.63, 3.8) is 0 Å². The van der Waals surface area contributed by atoms with Crippen molar-refractivity contribution in [3.8, 4) is 11.5 Å². The second kappa shape index (κ2) is 6.16. The average Bonchev–Trinajstić information content (AvgIpc) is 3.09. The summed E-state index contributed by atoms with van der Waals surface area (Å²) in [6, 6.07) is 12.1. The number of aryl methyl sites for hydroxylation is 1. The third-order valence-electron chi connectivity index (χ3n) is 4.84. The monoisotopic (exact) mass is 336 g/mol. The molecule has 0 saturated carbocycles. The third kappa shape index (κ3) is 2.71. The first-order chi connectivity index (χ1) is 12.2. The Bertz CT molecular complexity index is 873. The van der Waals surface area contributed by atoms with Crippen LogP contribution >= 0.6 is 0 Å². The summed E-state index contributed by atoms with van der Waals surface area (Å²) < 4.78 is 10.9. The maximum Gasteiger partial charge on any atom is 0.231 e. The number of carbonyl (C=O) groups is 1.